The second-order valence-electron chi connectivity index (χ2n) is 5.19. The highest BCUT2D eigenvalue weighted by Gasteiger charge is 2.29. The van der Waals surface area contributed by atoms with Gasteiger partial charge in [-0.25, -0.2) is 0 Å². The lowest BCUT2D eigenvalue weighted by atomic mass is 9.97. The molecule has 0 spiro atoms. The number of hydrogen-bond acceptors (Lipinski definition) is 4. The molecule has 4 heteroatoms. The second kappa shape index (κ2) is 5.85. The summed E-state index contributed by atoms with van der Waals surface area (Å²) in [6.45, 7) is 7.98. The molecule has 1 fully saturated rings. The molecule has 0 radical (unpaired) electrons. The molecule has 4 nitrogen and oxygen atoms in total. The third-order valence-corrected chi connectivity index (χ3v) is 3.65. The van der Waals surface area contributed by atoms with Crippen LogP contribution in [0.25, 0.3) is 0 Å². The van der Waals surface area contributed by atoms with Gasteiger partial charge in [0.15, 0.2) is 0 Å². The Morgan fingerprint density at radius 1 is 1.41 bits per heavy atom. The molecule has 98 valence electrons. The highest BCUT2D eigenvalue weighted by atomic mass is 16.5. The van der Waals surface area contributed by atoms with E-state index >= 15 is 0 Å². The molecule has 1 saturated heterocycles. The van der Waals surface area contributed by atoms with Crippen molar-refractivity contribution in [1.82, 2.24) is 4.90 Å². The summed E-state index contributed by atoms with van der Waals surface area (Å²) in [5, 5.41) is 0. The van der Waals surface area contributed by atoms with Gasteiger partial charge in [-0.3, -0.25) is 4.90 Å². The maximum atomic E-state index is 6.29. The minimum absolute atomic E-state index is 0.0168. The Balaban J connectivity index is 1.94. The van der Waals surface area contributed by atoms with E-state index in [9.17, 15) is 0 Å². The van der Waals surface area contributed by atoms with Crippen molar-refractivity contribution >= 4 is 0 Å². The van der Waals surface area contributed by atoms with Crippen LogP contribution in [0.3, 0.4) is 0 Å². The van der Waals surface area contributed by atoms with Crippen molar-refractivity contribution in [3.05, 3.63) is 11.8 Å². The van der Waals surface area contributed by atoms with Gasteiger partial charge in [0.2, 0.25) is 0 Å². The molecule has 2 atom stereocenters. The molecule has 0 aliphatic carbocycles. The standard InChI is InChI=1S/C13H24N2O2/c1-10(2)15-5-7-17-12(8-15)13(14)11-4-3-6-16-9-11/h9-10,12-13H,3-8,14H2,1-2H3. The predicted octanol–water partition coefficient (Wildman–Crippen LogP) is 1.12. The van der Waals surface area contributed by atoms with E-state index < -0.39 is 0 Å². The number of hydrogen-bond donors (Lipinski definition) is 1. The van der Waals surface area contributed by atoms with E-state index in [-0.39, 0.29) is 12.1 Å². The Morgan fingerprint density at radius 2 is 2.24 bits per heavy atom. The van der Waals surface area contributed by atoms with Crippen molar-refractivity contribution in [3.8, 4) is 0 Å². The maximum absolute atomic E-state index is 6.29. The molecule has 2 heterocycles. The summed E-state index contributed by atoms with van der Waals surface area (Å²) in [5.74, 6) is 0. The van der Waals surface area contributed by atoms with Crippen molar-refractivity contribution in [2.45, 2.75) is 44.9 Å². The first-order chi connectivity index (χ1) is 8.18. The zero-order chi connectivity index (χ0) is 12.3. The van der Waals surface area contributed by atoms with E-state index in [2.05, 4.69) is 18.7 Å². The van der Waals surface area contributed by atoms with E-state index in [1.165, 1.54) is 5.57 Å². The van der Waals surface area contributed by atoms with Gasteiger partial charge >= 0.3 is 0 Å². The Bertz CT molecular complexity index is 279. The van der Waals surface area contributed by atoms with Crippen LogP contribution >= 0.6 is 0 Å². The van der Waals surface area contributed by atoms with Crippen LogP contribution in [-0.4, -0.2) is 49.4 Å². The van der Waals surface area contributed by atoms with Crippen LogP contribution in [0.4, 0.5) is 0 Å². The molecule has 2 unspecified atom stereocenters. The summed E-state index contributed by atoms with van der Waals surface area (Å²) in [4.78, 5) is 2.43. The summed E-state index contributed by atoms with van der Waals surface area (Å²) < 4.78 is 11.2. The van der Waals surface area contributed by atoms with Gasteiger partial charge in [0.05, 0.1) is 31.6 Å². The van der Waals surface area contributed by atoms with Crippen molar-refractivity contribution in [2.24, 2.45) is 5.73 Å². The summed E-state index contributed by atoms with van der Waals surface area (Å²) in [7, 11) is 0. The number of nitrogens with two attached hydrogens (primary N) is 1. The predicted molar refractivity (Wildman–Crippen MR) is 67.7 cm³/mol. The number of rotatable bonds is 3. The number of ether oxygens (including phenoxy) is 2. The molecule has 2 aliphatic heterocycles. The molecular weight excluding hydrogens is 216 g/mol. The minimum Gasteiger partial charge on any atom is -0.501 e. The monoisotopic (exact) mass is 240 g/mol. The molecule has 0 aromatic heterocycles. The number of nitrogens with zero attached hydrogens (tertiary/aromatic N) is 1. The Kier molecular flexibility index (Phi) is 4.42. The lowest BCUT2D eigenvalue weighted by Gasteiger charge is -2.38. The van der Waals surface area contributed by atoms with Crippen LogP contribution in [0.15, 0.2) is 11.8 Å². The fraction of sp³-hybridized carbons (Fsp3) is 0.846. The average molecular weight is 240 g/mol. The lowest BCUT2D eigenvalue weighted by molar-refractivity contribution is -0.0458. The molecule has 2 rings (SSSR count). The fourth-order valence-corrected chi connectivity index (χ4v) is 2.45. The molecular formula is C13H24N2O2. The summed E-state index contributed by atoms with van der Waals surface area (Å²) in [6.07, 6.45) is 4.06. The Labute approximate surface area is 104 Å². The van der Waals surface area contributed by atoms with Crippen molar-refractivity contribution < 1.29 is 9.47 Å². The quantitative estimate of drug-likeness (QED) is 0.803. The summed E-state index contributed by atoms with van der Waals surface area (Å²) in [6, 6.07) is 0.544. The van der Waals surface area contributed by atoms with Crippen LogP contribution in [-0.2, 0) is 9.47 Å². The summed E-state index contributed by atoms with van der Waals surface area (Å²) in [5.41, 5.74) is 7.49. The normalized spacial score (nSPS) is 28.7. The summed E-state index contributed by atoms with van der Waals surface area (Å²) >= 11 is 0. The average Bonchev–Trinajstić information content (AvgIpc) is 2.39. The van der Waals surface area contributed by atoms with Gasteiger partial charge in [-0.1, -0.05) is 0 Å². The zero-order valence-electron chi connectivity index (χ0n) is 10.9. The molecule has 2 N–H and O–H groups in total. The third-order valence-electron chi connectivity index (χ3n) is 3.65. The zero-order valence-corrected chi connectivity index (χ0v) is 10.9. The van der Waals surface area contributed by atoms with Crippen LogP contribution in [0.2, 0.25) is 0 Å². The van der Waals surface area contributed by atoms with Crippen LogP contribution in [0.1, 0.15) is 26.7 Å². The highest BCUT2D eigenvalue weighted by molar-refractivity contribution is 5.12. The molecule has 0 bridgehead atoms. The van der Waals surface area contributed by atoms with Gasteiger partial charge in [0.25, 0.3) is 0 Å². The van der Waals surface area contributed by atoms with Gasteiger partial charge in [0, 0.05) is 19.1 Å². The first-order valence-electron chi connectivity index (χ1n) is 6.60. The van der Waals surface area contributed by atoms with E-state index in [4.69, 9.17) is 15.2 Å². The smallest absolute Gasteiger partial charge is 0.0892 e. The first-order valence-corrected chi connectivity index (χ1v) is 6.60. The minimum atomic E-state index is -0.0168. The first kappa shape index (κ1) is 12.9. The van der Waals surface area contributed by atoms with Gasteiger partial charge in [-0.05, 0) is 32.3 Å². The SMILES string of the molecule is CC(C)N1CCOC(C(N)C2=COCCC2)C1. The molecule has 0 aromatic rings. The third kappa shape index (κ3) is 3.21. The molecule has 17 heavy (non-hydrogen) atoms. The molecule has 0 aromatic carbocycles. The van der Waals surface area contributed by atoms with Crippen LogP contribution in [0, 0.1) is 0 Å². The molecule has 0 amide bonds. The van der Waals surface area contributed by atoms with Crippen molar-refractivity contribution in [3.63, 3.8) is 0 Å². The topological polar surface area (TPSA) is 47.7 Å². The Hall–Kier alpha value is -0.580. The maximum Gasteiger partial charge on any atom is 0.0892 e. The van der Waals surface area contributed by atoms with Crippen LogP contribution in [0.5, 0.6) is 0 Å². The molecule has 0 saturated carbocycles. The van der Waals surface area contributed by atoms with Crippen LogP contribution < -0.4 is 5.73 Å². The van der Waals surface area contributed by atoms with Gasteiger partial charge in [0.1, 0.15) is 0 Å². The molecule has 2 aliphatic rings. The van der Waals surface area contributed by atoms with E-state index in [1.54, 1.807) is 0 Å². The highest BCUT2D eigenvalue weighted by Crippen LogP contribution is 2.20. The van der Waals surface area contributed by atoms with Crippen molar-refractivity contribution in [2.75, 3.05) is 26.3 Å². The van der Waals surface area contributed by atoms with E-state index in [1.807, 2.05) is 6.26 Å². The lowest BCUT2D eigenvalue weighted by Crippen LogP contribution is -2.53. The Morgan fingerprint density at radius 3 is 2.88 bits per heavy atom. The number of morpholine rings is 1. The van der Waals surface area contributed by atoms with E-state index in [0.29, 0.717) is 6.04 Å². The van der Waals surface area contributed by atoms with Gasteiger partial charge in [-0.15, -0.1) is 0 Å². The van der Waals surface area contributed by atoms with Gasteiger partial charge < -0.3 is 15.2 Å². The van der Waals surface area contributed by atoms with E-state index in [0.717, 1.165) is 39.1 Å². The fourth-order valence-electron chi connectivity index (χ4n) is 2.45. The van der Waals surface area contributed by atoms with Crippen molar-refractivity contribution in [1.29, 1.82) is 0 Å². The second-order valence-corrected chi connectivity index (χ2v) is 5.19. The largest absolute Gasteiger partial charge is 0.501 e. The van der Waals surface area contributed by atoms with Gasteiger partial charge in [-0.2, -0.15) is 0 Å².